The van der Waals surface area contributed by atoms with E-state index in [-0.39, 0.29) is 43.1 Å². The van der Waals surface area contributed by atoms with Crippen LogP contribution in [0.1, 0.15) is 30.5 Å². The van der Waals surface area contributed by atoms with E-state index in [1.807, 2.05) is 36.7 Å². The Morgan fingerprint density at radius 3 is 2.63 bits per heavy atom. The van der Waals surface area contributed by atoms with Crippen LogP contribution in [0.4, 0.5) is 0 Å². The fourth-order valence-corrected chi connectivity index (χ4v) is 4.63. The number of halogens is 1. The molecule has 2 fully saturated rings. The average molecular weight is 451 g/mol. The van der Waals surface area contributed by atoms with Crippen LogP contribution in [0.5, 0.6) is 0 Å². The summed E-state index contributed by atoms with van der Waals surface area (Å²) in [6.07, 6.45) is 1.47. The molecule has 0 spiro atoms. The van der Waals surface area contributed by atoms with Crippen LogP contribution in [0.3, 0.4) is 0 Å². The summed E-state index contributed by atoms with van der Waals surface area (Å²) in [7, 11) is 0. The van der Waals surface area contributed by atoms with Crippen molar-refractivity contribution in [2.45, 2.75) is 50.9 Å². The van der Waals surface area contributed by atoms with E-state index in [0.717, 1.165) is 34.5 Å². The van der Waals surface area contributed by atoms with Crippen molar-refractivity contribution in [3.8, 4) is 10.4 Å². The van der Waals surface area contributed by atoms with Gasteiger partial charge >= 0.3 is 0 Å². The molecule has 0 unspecified atom stereocenters. The van der Waals surface area contributed by atoms with Crippen molar-refractivity contribution in [2.24, 2.45) is 11.7 Å². The number of aliphatic hydroxyl groups excluding tert-OH is 1. The van der Waals surface area contributed by atoms with Gasteiger partial charge in [0, 0.05) is 19.5 Å². The molecule has 1 saturated heterocycles. The number of rotatable bonds is 6. The molecule has 2 amide bonds. The fraction of sp³-hybridized carbons (Fsp3) is 0.476. The van der Waals surface area contributed by atoms with Crippen molar-refractivity contribution < 1.29 is 14.7 Å². The van der Waals surface area contributed by atoms with Crippen molar-refractivity contribution in [1.82, 2.24) is 15.2 Å². The molecule has 9 heteroatoms. The number of nitrogens with one attached hydrogen (secondary N) is 1. The van der Waals surface area contributed by atoms with Gasteiger partial charge in [0.05, 0.1) is 28.2 Å². The number of nitrogens with zero attached hydrogens (tertiary/aromatic N) is 2. The van der Waals surface area contributed by atoms with Crippen molar-refractivity contribution >= 4 is 35.6 Å². The van der Waals surface area contributed by atoms with E-state index >= 15 is 0 Å². The molecular formula is C21H27ClN4O3S. The summed E-state index contributed by atoms with van der Waals surface area (Å²) in [6.45, 7) is 2.52. The number of aliphatic hydroxyl groups is 1. The number of nitrogens with two attached hydrogens (primary N) is 1. The van der Waals surface area contributed by atoms with Gasteiger partial charge in [0.1, 0.15) is 6.04 Å². The molecule has 30 heavy (non-hydrogen) atoms. The maximum atomic E-state index is 12.7. The third-order valence-electron chi connectivity index (χ3n) is 5.71. The van der Waals surface area contributed by atoms with Crippen molar-refractivity contribution in [1.29, 1.82) is 0 Å². The second-order valence-corrected chi connectivity index (χ2v) is 8.80. The molecule has 1 aromatic heterocycles. The first-order valence-corrected chi connectivity index (χ1v) is 10.8. The molecule has 1 aliphatic heterocycles. The quantitative estimate of drug-likeness (QED) is 0.622. The number of aryl methyl sites for hydroxylation is 1. The van der Waals surface area contributed by atoms with Gasteiger partial charge in [0.25, 0.3) is 0 Å². The maximum Gasteiger partial charge on any atom is 0.243 e. The Hall–Kier alpha value is -2.00. The third kappa shape index (κ3) is 4.83. The standard InChI is InChI=1S/C21H26N4O3S.ClH/c1-12-19(29-11-24-12)15-4-2-13(3-5-15)9-23-20(27)17-8-16(26)10-25(17)21(28)18(22)14-6-7-14;/h2-5,11,14,16-18,26H,6-10,22H2,1H3,(H,23,27);1H/t16-,17-,18+;/m1./s1. The molecule has 0 radical (unpaired) electrons. The van der Waals surface area contributed by atoms with Crippen LogP contribution in [0, 0.1) is 12.8 Å². The zero-order valence-corrected chi connectivity index (χ0v) is 18.4. The van der Waals surface area contributed by atoms with E-state index in [1.165, 1.54) is 4.90 Å². The minimum absolute atomic E-state index is 0. The first-order chi connectivity index (χ1) is 13.9. The smallest absolute Gasteiger partial charge is 0.243 e. The van der Waals surface area contributed by atoms with Crippen molar-refractivity contribution in [3.63, 3.8) is 0 Å². The highest BCUT2D eigenvalue weighted by atomic mass is 35.5. The molecule has 4 rings (SSSR count). The lowest BCUT2D eigenvalue weighted by Crippen LogP contribution is -2.51. The lowest BCUT2D eigenvalue weighted by molar-refractivity contribution is -0.139. The summed E-state index contributed by atoms with van der Waals surface area (Å²) >= 11 is 1.60. The summed E-state index contributed by atoms with van der Waals surface area (Å²) in [5, 5.41) is 12.9. The molecule has 1 saturated carbocycles. The number of amides is 2. The Morgan fingerprint density at radius 2 is 2.03 bits per heavy atom. The largest absolute Gasteiger partial charge is 0.391 e. The van der Waals surface area contributed by atoms with E-state index < -0.39 is 18.2 Å². The van der Waals surface area contributed by atoms with Crippen LogP contribution in [0.2, 0.25) is 0 Å². The molecule has 1 aliphatic carbocycles. The number of carbonyl (C=O) groups excluding carboxylic acids is 2. The molecule has 7 nitrogen and oxygen atoms in total. The SMILES string of the molecule is Cc1ncsc1-c1ccc(CNC(=O)[C@H]2C[C@@H](O)CN2C(=O)[C@@H](N)C2CC2)cc1.Cl. The first-order valence-electron chi connectivity index (χ1n) is 9.95. The highest BCUT2D eigenvalue weighted by Gasteiger charge is 2.43. The zero-order valence-electron chi connectivity index (χ0n) is 16.8. The number of aromatic nitrogens is 1. The van der Waals surface area contributed by atoms with E-state index in [9.17, 15) is 14.7 Å². The summed E-state index contributed by atoms with van der Waals surface area (Å²) in [4.78, 5) is 32.2. The van der Waals surface area contributed by atoms with Crippen LogP contribution in [0.15, 0.2) is 29.8 Å². The number of hydrogen-bond acceptors (Lipinski definition) is 6. The molecule has 2 aliphatic rings. The fourth-order valence-electron chi connectivity index (χ4n) is 3.81. The topological polar surface area (TPSA) is 109 Å². The monoisotopic (exact) mass is 450 g/mol. The van der Waals surface area contributed by atoms with E-state index in [1.54, 1.807) is 11.3 Å². The predicted octanol–water partition coefficient (Wildman–Crippen LogP) is 1.86. The molecule has 3 atom stereocenters. The van der Waals surface area contributed by atoms with Crippen molar-refractivity contribution in [3.05, 3.63) is 41.0 Å². The zero-order chi connectivity index (χ0) is 20.5. The second kappa shape index (κ2) is 9.43. The van der Waals surface area contributed by atoms with Gasteiger partial charge in [0.2, 0.25) is 11.8 Å². The number of carbonyl (C=O) groups is 2. The van der Waals surface area contributed by atoms with Crippen LogP contribution in [0.25, 0.3) is 10.4 Å². The Kier molecular flexibility index (Phi) is 7.13. The highest BCUT2D eigenvalue weighted by Crippen LogP contribution is 2.33. The van der Waals surface area contributed by atoms with E-state index in [0.29, 0.717) is 6.54 Å². The lowest BCUT2D eigenvalue weighted by atomic mass is 10.1. The minimum atomic E-state index is -0.692. The lowest BCUT2D eigenvalue weighted by Gasteiger charge is -2.26. The Morgan fingerprint density at radius 1 is 1.33 bits per heavy atom. The number of β-amino-alcohol motifs (C(OH)–C–C–N with tert-alkyl or cyclic N) is 1. The molecule has 2 heterocycles. The number of thiazole rings is 1. The minimum Gasteiger partial charge on any atom is -0.391 e. The van der Waals surface area contributed by atoms with Crippen molar-refractivity contribution in [2.75, 3.05) is 6.54 Å². The Balaban J connectivity index is 0.00000256. The van der Waals surface area contributed by atoms with Gasteiger partial charge in [-0.1, -0.05) is 24.3 Å². The molecule has 162 valence electrons. The van der Waals surface area contributed by atoms with Gasteiger partial charge in [0.15, 0.2) is 0 Å². The second-order valence-electron chi connectivity index (χ2n) is 7.94. The summed E-state index contributed by atoms with van der Waals surface area (Å²) in [5.74, 6) is -0.265. The molecule has 2 aromatic rings. The summed E-state index contributed by atoms with van der Waals surface area (Å²) in [5.41, 5.74) is 10.9. The molecule has 4 N–H and O–H groups in total. The number of likely N-dealkylation sites (tertiary alicyclic amines) is 1. The van der Waals surface area contributed by atoms with Gasteiger partial charge in [-0.2, -0.15) is 0 Å². The predicted molar refractivity (Wildman–Crippen MR) is 118 cm³/mol. The van der Waals surface area contributed by atoms with E-state index in [2.05, 4.69) is 10.3 Å². The van der Waals surface area contributed by atoms with E-state index in [4.69, 9.17) is 5.73 Å². The Labute approximate surface area is 186 Å². The Bertz CT molecular complexity index is 900. The van der Waals surface area contributed by atoms with Crippen LogP contribution >= 0.6 is 23.7 Å². The average Bonchev–Trinajstić information content (AvgIpc) is 3.37. The van der Waals surface area contributed by atoms with Crippen LogP contribution in [-0.2, 0) is 16.1 Å². The van der Waals surface area contributed by atoms with Gasteiger partial charge in [-0.15, -0.1) is 23.7 Å². The first kappa shape index (κ1) is 22.7. The normalized spacial score (nSPS) is 21.8. The maximum absolute atomic E-state index is 12.7. The van der Waals surface area contributed by atoms with Crippen LogP contribution < -0.4 is 11.1 Å². The number of hydrogen-bond donors (Lipinski definition) is 3. The van der Waals surface area contributed by atoms with Gasteiger partial charge in [-0.05, 0) is 36.8 Å². The summed E-state index contributed by atoms with van der Waals surface area (Å²) in [6, 6.07) is 6.76. The molecular weight excluding hydrogens is 424 g/mol. The molecule has 1 aromatic carbocycles. The van der Waals surface area contributed by atoms with Crippen LogP contribution in [-0.4, -0.2) is 51.5 Å². The van der Waals surface area contributed by atoms with Gasteiger partial charge in [-0.25, -0.2) is 4.98 Å². The van der Waals surface area contributed by atoms with Gasteiger partial charge < -0.3 is 21.1 Å². The highest BCUT2D eigenvalue weighted by molar-refractivity contribution is 7.13. The third-order valence-corrected chi connectivity index (χ3v) is 6.69. The summed E-state index contributed by atoms with van der Waals surface area (Å²) < 4.78 is 0. The number of benzene rings is 1. The molecule has 0 bridgehead atoms. The van der Waals surface area contributed by atoms with Gasteiger partial charge in [-0.3, -0.25) is 9.59 Å².